The number of benzene rings is 1. The van der Waals surface area contributed by atoms with Crippen LogP contribution in [0.5, 0.6) is 0 Å². The third-order valence-electron chi connectivity index (χ3n) is 2.28. The van der Waals surface area contributed by atoms with Gasteiger partial charge in [0.05, 0.1) is 0 Å². The molecular weight excluding hydrogens is 263 g/mol. The summed E-state index contributed by atoms with van der Waals surface area (Å²) < 4.78 is 40.6. The van der Waals surface area contributed by atoms with Gasteiger partial charge in [0.15, 0.2) is 6.10 Å². The average Bonchev–Trinajstić information content (AvgIpc) is 2.36. The van der Waals surface area contributed by atoms with Crippen molar-refractivity contribution in [2.24, 2.45) is 0 Å². The maximum atomic E-state index is 11.9. The molecule has 0 aliphatic rings. The molecule has 0 saturated heterocycles. The van der Waals surface area contributed by atoms with E-state index in [1.807, 2.05) is 6.07 Å². The van der Waals surface area contributed by atoms with Crippen LogP contribution in [0, 0.1) is 0 Å². The van der Waals surface area contributed by atoms with E-state index in [-0.39, 0.29) is 13.2 Å². The predicted molar refractivity (Wildman–Crippen MR) is 61.3 cm³/mol. The van der Waals surface area contributed by atoms with E-state index in [2.05, 4.69) is 5.32 Å². The van der Waals surface area contributed by atoms with Crippen LogP contribution >= 0.6 is 0 Å². The summed E-state index contributed by atoms with van der Waals surface area (Å²) in [7, 11) is 0. The quantitative estimate of drug-likeness (QED) is 0.867. The van der Waals surface area contributed by atoms with Crippen molar-refractivity contribution < 1.29 is 27.8 Å². The minimum Gasteiger partial charge on any atom is -0.445 e. The molecule has 106 valence electrons. The maximum Gasteiger partial charge on any atom is 0.414 e. The zero-order valence-corrected chi connectivity index (χ0v) is 9.98. The van der Waals surface area contributed by atoms with E-state index >= 15 is 0 Å². The van der Waals surface area contributed by atoms with Gasteiger partial charge in [-0.2, -0.15) is 13.2 Å². The fraction of sp³-hybridized carbons (Fsp3) is 0.417. The van der Waals surface area contributed by atoms with Crippen LogP contribution in [0.4, 0.5) is 18.0 Å². The minimum absolute atomic E-state index is 0.0362. The van der Waals surface area contributed by atoms with E-state index in [1.54, 1.807) is 24.3 Å². The second-order valence-electron chi connectivity index (χ2n) is 3.83. The molecule has 4 nitrogen and oxygen atoms in total. The number of alkyl carbamates (subject to hydrolysis) is 1. The second kappa shape index (κ2) is 6.98. The molecule has 1 aromatic carbocycles. The van der Waals surface area contributed by atoms with Gasteiger partial charge in [-0.25, -0.2) is 4.79 Å². The van der Waals surface area contributed by atoms with Crippen molar-refractivity contribution in [3.63, 3.8) is 0 Å². The lowest BCUT2D eigenvalue weighted by Gasteiger charge is -2.14. The van der Waals surface area contributed by atoms with Crippen molar-refractivity contribution in [1.82, 2.24) is 5.32 Å². The molecule has 1 atom stereocenters. The molecule has 0 aliphatic heterocycles. The number of amides is 1. The normalized spacial score (nSPS) is 12.8. The highest BCUT2D eigenvalue weighted by Gasteiger charge is 2.37. The number of hydrogen-bond donors (Lipinski definition) is 2. The minimum atomic E-state index is -4.67. The van der Waals surface area contributed by atoms with Gasteiger partial charge in [0.2, 0.25) is 0 Å². The standard InChI is InChI=1S/C12H14F3NO3/c13-12(14,15)10(17)6-7-16-11(18)19-8-9-4-2-1-3-5-9/h1-5,10,17H,6-8H2,(H,16,18). The van der Waals surface area contributed by atoms with Crippen LogP contribution in [0.15, 0.2) is 30.3 Å². The third kappa shape index (κ3) is 6.10. The summed E-state index contributed by atoms with van der Waals surface area (Å²) in [5.41, 5.74) is 0.771. The number of hydrogen-bond acceptors (Lipinski definition) is 3. The molecule has 1 amide bonds. The maximum absolute atomic E-state index is 11.9. The Morgan fingerprint density at radius 3 is 2.53 bits per heavy atom. The van der Waals surface area contributed by atoms with Crippen molar-refractivity contribution in [1.29, 1.82) is 0 Å². The Morgan fingerprint density at radius 2 is 1.95 bits per heavy atom. The summed E-state index contributed by atoms with van der Waals surface area (Å²) in [5, 5.41) is 10.8. The van der Waals surface area contributed by atoms with Crippen molar-refractivity contribution in [2.45, 2.75) is 25.3 Å². The number of ether oxygens (including phenoxy) is 1. The Morgan fingerprint density at radius 1 is 1.32 bits per heavy atom. The molecule has 1 rings (SSSR count). The van der Waals surface area contributed by atoms with Crippen LogP contribution < -0.4 is 5.32 Å². The molecular formula is C12H14F3NO3. The van der Waals surface area contributed by atoms with Crippen molar-refractivity contribution in [3.8, 4) is 0 Å². The van der Waals surface area contributed by atoms with Gasteiger partial charge >= 0.3 is 12.3 Å². The van der Waals surface area contributed by atoms with Crippen LogP contribution in [0.3, 0.4) is 0 Å². The number of nitrogens with one attached hydrogen (secondary N) is 1. The van der Waals surface area contributed by atoms with E-state index in [4.69, 9.17) is 9.84 Å². The molecule has 0 radical (unpaired) electrons. The molecule has 0 spiro atoms. The molecule has 0 fully saturated rings. The molecule has 0 aliphatic carbocycles. The topological polar surface area (TPSA) is 58.6 Å². The lowest BCUT2D eigenvalue weighted by Crippen LogP contribution is -2.34. The molecule has 0 saturated carbocycles. The Bertz CT molecular complexity index is 395. The highest BCUT2D eigenvalue weighted by molar-refractivity contribution is 5.67. The number of alkyl halides is 3. The predicted octanol–water partition coefficient (Wildman–Crippen LogP) is 2.23. The van der Waals surface area contributed by atoms with E-state index in [0.717, 1.165) is 5.56 Å². The number of halogens is 3. The number of rotatable bonds is 5. The number of aliphatic hydroxyl groups is 1. The Kier molecular flexibility index (Phi) is 5.62. The van der Waals surface area contributed by atoms with Crippen LogP contribution in [0.25, 0.3) is 0 Å². The highest BCUT2D eigenvalue weighted by Crippen LogP contribution is 2.21. The first kappa shape index (κ1) is 15.3. The average molecular weight is 277 g/mol. The van der Waals surface area contributed by atoms with E-state index < -0.39 is 24.8 Å². The van der Waals surface area contributed by atoms with Gasteiger partial charge in [0, 0.05) is 6.54 Å². The van der Waals surface area contributed by atoms with Gasteiger partial charge in [-0.3, -0.25) is 0 Å². The Balaban J connectivity index is 2.19. The molecule has 0 bridgehead atoms. The van der Waals surface area contributed by atoms with Crippen LogP contribution in [-0.2, 0) is 11.3 Å². The largest absolute Gasteiger partial charge is 0.445 e. The summed E-state index contributed by atoms with van der Waals surface area (Å²) in [6.45, 7) is -0.275. The van der Waals surface area contributed by atoms with Crippen molar-refractivity contribution >= 4 is 6.09 Å². The second-order valence-corrected chi connectivity index (χ2v) is 3.83. The van der Waals surface area contributed by atoms with Gasteiger partial charge in [-0.15, -0.1) is 0 Å². The monoisotopic (exact) mass is 277 g/mol. The number of carbonyl (C=O) groups is 1. The van der Waals surface area contributed by atoms with Gasteiger partial charge in [-0.1, -0.05) is 30.3 Å². The summed E-state index contributed by atoms with van der Waals surface area (Å²) in [5.74, 6) is 0. The van der Waals surface area contributed by atoms with Crippen LogP contribution in [0.2, 0.25) is 0 Å². The molecule has 1 aromatic rings. The van der Waals surface area contributed by atoms with Crippen molar-refractivity contribution in [3.05, 3.63) is 35.9 Å². The Hall–Kier alpha value is -1.76. The number of carbonyl (C=O) groups excluding carboxylic acids is 1. The summed E-state index contributed by atoms with van der Waals surface area (Å²) in [6.07, 6.45) is -8.54. The smallest absolute Gasteiger partial charge is 0.414 e. The van der Waals surface area contributed by atoms with Gasteiger partial charge in [0.25, 0.3) is 0 Å². The highest BCUT2D eigenvalue weighted by atomic mass is 19.4. The molecule has 7 heteroatoms. The molecule has 19 heavy (non-hydrogen) atoms. The molecule has 0 aromatic heterocycles. The first-order valence-electron chi connectivity index (χ1n) is 5.59. The molecule has 1 unspecified atom stereocenters. The molecule has 2 N–H and O–H groups in total. The lowest BCUT2D eigenvalue weighted by molar-refractivity contribution is -0.204. The fourth-order valence-electron chi connectivity index (χ4n) is 1.25. The first-order valence-corrected chi connectivity index (χ1v) is 5.59. The van der Waals surface area contributed by atoms with Gasteiger partial charge in [-0.05, 0) is 12.0 Å². The number of aliphatic hydroxyl groups excluding tert-OH is 1. The van der Waals surface area contributed by atoms with Gasteiger partial charge in [0.1, 0.15) is 6.61 Å². The van der Waals surface area contributed by atoms with E-state index in [1.165, 1.54) is 0 Å². The van der Waals surface area contributed by atoms with E-state index in [0.29, 0.717) is 0 Å². The van der Waals surface area contributed by atoms with E-state index in [9.17, 15) is 18.0 Å². The SMILES string of the molecule is O=C(NCCC(O)C(F)(F)F)OCc1ccccc1. The molecule has 0 heterocycles. The first-order chi connectivity index (χ1) is 8.89. The zero-order valence-electron chi connectivity index (χ0n) is 9.98. The van der Waals surface area contributed by atoms with Gasteiger partial charge < -0.3 is 15.2 Å². The lowest BCUT2D eigenvalue weighted by atomic mass is 10.2. The van der Waals surface area contributed by atoms with Crippen molar-refractivity contribution in [2.75, 3.05) is 6.54 Å². The summed E-state index contributed by atoms with van der Waals surface area (Å²) in [6, 6.07) is 8.86. The summed E-state index contributed by atoms with van der Waals surface area (Å²) >= 11 is 0. The zero-order chi connectivity index (χ0) is 14.3. The van der Waals surface area contributed by atoms with Crippen LogP contribution in [0.1, 0.15) is 12.0 Å². The Labute approximate surface area is 108 Å². The summed E-state index contributed by atoms with van der Waals surface area (Å²) in [4.78, 5) is 11.2. The van der Waals surface area contributed by atoms with Crippen LogP contribution in [-0.4, -0.2) is 30.0 Å². The fourth-order valence-corrected chi connectivity index (χ4v) is 1.25. The third-order valence-corrected chi connectivity index (χ3v) is 2.28.